The van der Waals surface area contributed by atoms with Gasteiger partial charge in [-0.05, 0) is 41.0 Å². The Morgan fingerprint density at radius 1 is 1.07 bits per heavy atom. The SMILES string of the molecule is COC(=O)C(NCl)[C@@H](C)NC(=O)OCC1c2ccccc2-c2ccccc21. The van der Waals surface area contributed by atoms with Crippen molar-refractivity contribution in [2.24, 2.45) is 0 Å². The van der Waals surface area contributed by atoms with Crippen molar-refractivity contribution in [2.75, 3.05) is 13.7 Å². The highest BCUT2D eigenvalue weighted by molar-refractivity contribution is 6.15. The maximum atomic E-state index is 12.2. The first-order valence-electron chi connectivity index (χ1n) is 8.62. The first kappa shape index (κ1) is 19.2. The molecule has 2 atom stereocenters. The van der Waals surface area contributed by atoms with E-state index in [1.807, 2.05) is 24.3 Å². The van der Waals surface area contributed by atoms with E-state index in [0.717, 1.165) is 22.3 Å². The second kappa shape index (κ2) is 8.41. The number of rotatable bonds is 6. The van der Waals surface area contributed by atoms with Gasteiger partial charge in [-0.3, -0.25) is 4.79 Å². The molecule has 0 aromatic heterocycles. The Bertz CT molecular complexity index is 797. The quantitative estimate of drug-likeness (QED) is 0.587. The van der Waals surface area contributed by atoms with Crippen LogP contribution in [0, 0.1) is 0 Å². The topological polar surface area (TPSA) is 76.7 Å². The molecule has 27 heavy (non-hydrogen) atoms. The van der Waals surface area contributed by atoms with Gasteiger partial charge in [0.1, 0.15) is 12.6 Å². The first-order valence-corrected chi connectivity index (χ1v) is 9.00. The smallest absolute Gasteiger partial charge is 0.407 e. The van der Waals surface area contributed by atoms with Crippen molar-refractivity contribution in [1.82, 2.24) is 10.2 Å². The van der Waals surface area contributed by atoms with E-state index in [0.29, 0.717) is 0 Å². The van der Waals surface area contributed by atoms with Crippen molar-refractivity contribution in [3.05, 3.63) is 59.7 Å². The Morgan fingerprint density at radius 2 is 1.63 bits per heavy atom. The third-order valence-corrected chi connectivity index (χ3v) is 5.00. The van der Waals surface area contributed by atoms with Gasteiger partial charge >= 0.3 is 12.1 Å². The molecule has 0 saturated heterocycles. The Morgan fingerprint density at radius 3 is 2.15 bits per heavy atom. The van der Waals surface area contributed by atoms with Gasteiger partial charge in [-0.15, -0.1) is 0 Å². The fourth-order valence-corrected chi connectivity index (χ4v) is 3.66. The highest BCUT2D eigenvalue weighted by Crippen LogP contribution is 2.44. The number of benzene rings is 2. The molecule has 0 bridgehead atoms. The molecule has 142 valence electrons. The van der Waals surface area contributed by atoms with E-state index in [9.17, 15) is 9.59 Å². The summed E-state index contributed by atoms with van der Waals surface area (Å²) >= 11 is 5.57. The molecule has 1 unspecified atom stereocenters. The molecule has 3 rings (SSSR count). The van der Waals surface area contributed by atoms with Crippen LogP contribution in [-0.2, 0) is 14.3 Å². The van der Waals surface area contributed by atoms with E-state index in [-0.39, 0.29) is 12.5 Å². The fraction of sp³-hybridized carbons (Fsp3) is 0.300. The van der Waals surface area contributed by atoms with Crippen LogP contribution in [0.4, 0.5) is 4.79 Å². The lowest BCUT2D eigenvalue weighted by Crippen LogP contribution is -2.50. The number of carbonyl (C=O) groups excluding carboxylic acids is 2. The summed E-state index contributed by atoms with van der Waals surface area (Å²) in [6.07, 6.45) is -0.620. The monoisotopic (exact) mass is 388 g/mol. The van der Waals surface area contributed by atoms with Crippen LogP contribution in [0.2, 0.25) is 0 Å². The van der Waals surface area contributed by atoms with Crippen LogP contribution in [-0.4, -0.2) is 37.9 Å². The van der Waals surface area contributed by atoms with Gasteiger partial charge in [0.05, 0.1) is 13.2 Å². The number of esters is 1. The third kappa shape index (κ3) is 3.91. The third-order valence-electron chi connectivity index (χ3n) is 4.76. The zero-order valence-corrected chi connectivity index (χ0v) is 15.8. The molecular formula is C20H21ClN2O4. The molecule has 0 fully saturated rings. The number of methoxy groups -OCH3 is 1. The Kier molecular flexibility index (Phi) is 5.98. The zero-order valence-electron chi connectivity index (χ0n) is 15.1. The first-order chi connectivity index (χ1) is 13.1. The standard InChI is InChI=1S/C20H21ClN2O4/c1-12(18(23-21)19(24)26-2)22-20(25)27-11-17-15-9-5-3-7-13(15)14-8-4-6-10-16(14)17/h3-10,12,17-18,23H,11H2,1-2H3,(H,22,25)/t12-,18?/m1/s1. The maximum Gasteiger partial charge on any atom is 0.407 e. The zero-order chi connectivity index (χ0) is 19.4. The van der Waals surface area contributed by atoms with E-state index < -0.39 is 24.1 Å². The van der Waals surface area contributed by atoms with Gasteiger partial charge in [-0.25, -0.2) is 9.63 Å². The number of ether oxygens (including phenoxy) is 2. The molecule has 0 heterocycles. The molecule has 0 aliphatic heterocycles. The van der Waals surface area contributed by atoms with Gasteiger partial charge < -0.3 is 14.8 Å². The molecule has 2 aromatic carbocycles. The number of nitrogens with one attached hydrogen (secondary N) is 2. The fourth-order valence-electron chi connectivity index (χ4n) is 3.38. The van der Waals surface area contributed by atoms with Crippen molar-refractivity contribution in [1.29, 1.82) is 0 Å². The summed E-state index contributed by atoms with van der Waals surface area (Å²) in [4.78, 5) is 26.2. The summed E-state index contributed by atoms with van der Waals surface area (Å²) in [5.41, 5.74) is 4.59. The Hall–Kier alpha value is -2.57. The van der Waals surface area contributed by atoms with Gasteiger partial charge in [-0.2, -0.15) is 0 Å². The van der Waals surface area contributed by atoms with Crippen LogP contribution in [0.1, 0.15) is 24.0 Å². The number of hydrogen-bond acceptors (Lipinski definition) is 5. The van der Waals surface area contributed by atoms with Gasteiger partial charge in [0.2, 0.25) is 0 Å². The molecule has 1 amide bonds. The number of hydrogen-bond donors (Lipinski definition) is 2. The van der Waals surface area contributed by atoms with Crippen LogP contribution in [0.15, 0.2) is 48.5 Å². The second-order valence-electron chi connectivity index (χ2n) is 6.37. The van der Waals surface area contributed by atoms with Gasteiger partial charge in [-0.1, -0.05) is 48.5 Å². The summed E-state index contributed by atoms with van der Waals surface area (Å²) in [7, 11) is 1.25. The van der Waals surface area contributed by atoms with Crippen LogP contribution in [0.25, 0.3) is 11.1 Å². The van der Waals surface area contributed by atoms with Crippen LogP contribution >= 0.6 is 11.8 Å². The summed E-state index contributed by atoms with van der Waals surface area (Å²) in [6, 6.07) is 14.7. The minimum Gasteiger partial charge on any atom is -0.468 e. The highest BCUT2D eigenvalue weighted by Gasteiger charge is 2.30. The predicted molar refractivity (Wildman–Crippen MR) is 102 cm³/mol. The highest BCUT2D eigenvalue weighted by atomic mass is 35.5. The Labute approximate surface area is 162 Å². The average molecular weight is 389 g/mol. The molecule has 0 saturated carbocycles. The molecule has 0 radical (unpaired) electrons. The number of fused-ring (bicyclic) bond motifs is 3. The van der Waals surface area contributed by atoms with Crippen LogP contribution < -0.4 is 10.2 Å². The largest absolute Gasteiger partial charge is 0.468 e. The lowest BCUT2D eigenvalue weighted by atomic mass is 9.98. The minimum atomic E-state index is -0.878. The number of alkyl carbamates (subject to hydrolysis) is 1. The molecule has 2 aromatic rings. The van der Waals surface area contributed by atoms with E-state index in [2.05, 4.69) is 39.2 Å². The average Bonchev–Trinajstić information content (AvgIpc) is 3.00. The molecule has 6 nitrogen and oxygen atoms in total. The predicted octanol–water partition coefficient (Wildman–Crippen LogP) is 3.20. The molecular weight excluding hydrogens is 368 g/mol. The number of carbonyl (C=O) groups is 2. The summed E-state index contributed by atoms with van der Waals surface area (Å²) < 4.78 is 10.1. The van der Waals surface area contributed by atoms with E-state index in [1.165, 1.54) is 7.11 Å². The summed E-state index contributed by atoms with van der Waals surface area (Å²) in [6.45, 7) is 1.84. The van der Waals surface area contributed by atoms with Crippen molar-refractivity contribution >= 4 is 23.8 Å². The van der Waals surface area contributed by atoms with Crippen molar-refractivity contribution in [2.45, 2.75) is 24.9 Å². The summed E-state index contributed by atoms with van der Waals surface area (Å²) in [5.74, 6) is -0.600. The minimum absolute atomic E-state index is 0.0268. The van der Waals surface area contributed by atoms with Crippen molar-refractivity contribution < 1.29 is 19.1 Å². The Balaban J connectivity index is 1.66. The number of halogens is 1. The van der Waals surface area contributed by atoms with Crippen LogP contribution in [0.3, 0.4) is 0 Å². The molecule has 7 heteroatoms. The van der Waals surface area contributed by atoms with Gasteiger partial charge in [0.25, 0.3) is 0 Å². The molecule has 1 aliphatic carbocycles. The molecule has 0 spiro atoms. The summed E-state index contributed by atoms with van der Waals surface area (Å²) in [5, 5.41) is 2.61. The normalized spacial score (nSPS) is 14.6. The lowest BCUT2D eigenvalue weighted by molar-refractivity contribution is -0.143. The van der Waals surface area contributed by atoms with Gasteiger partial charge in [0.15, 0.2) is 0 Å². The van der Waals surface area contributed by atoms with E-state index in [1.54, 1.807) is 6.92 Å². The van der Waals surface area contributed by atoms with Crippen molar-refractivity contribution in [3.8, 4) is 11.1 Å². The van der Waals surface area contributed by atoms with Gasteiger partial charge in [0, 0.05) is 5.92 Å². The lowest BCUT2D eigenvalue weighted by Gasteiger charge is -2.21. The van der Waals surface area contributed by atoms with Crippen molar-refractivity contribution in [3.63, 3.8) is 0 Å². The maximum absolute atomic E-state index is 12.2. The number of amides is 1. The van der Waals surface area contributed by atoms with E-state index >= 15 is 0 Å². The molecule has 2 N–H and O–H groups in total. The van der Waals surface area contributed by atoms with E-state index in [4.69, 9.17) is 16.5 Å². The molecule has 1 aliphatic rings. The second-order valence-corrected chi connectivity index (χ2v) is 6.59. The van der Waals surface area contributed by atoms with Crippen LogP contribution in [0.5, 0.6) is 0 Å².